The van der Waals surface area contributed by atoms with Crippen molar-refractivity contribution in [3.05, 3.63) is 34.5 Å². The quantitative estimate of drug-likeness (QED) is 0.483. The monoisotopic (exact) mass is 486 g/mol. The van der Waals surface area contributed by atoms with Crippen molar-refractivity contribution in [1.82, 2.24) is 0 Å². The molecule has 1 spiro atoms. The van der Waals surface area contributed by atoms with E-state index in [4.69, 9.17) is 9.47 Å². The van der Waals surface area contributed by atoms with Crippen LogP contribution in [0.4, 0.5) is 0 Å². The molecule has 184 valence electrons. The van der Waals surface area contributed by atoms with Gasteiger partial charge in [-0.1, -0.05) is 26.0 Å². The van der Waals surface area contributed by atoms with E-state index < -0.39 is 17.1 Å². The third-order valence-corrected chi connectivity index (χ3v) is 11.5. The van der Waals surface area contributed by atoms with Gasteiger partial charge in [0.2, 0.25) is 0 Å². The molecule has 2 N–H and O–H groups in total. The van der Waals surface area contributed by atoms with Gasteiger partial charge in [0.25, 0.3) is 0 Å². The number of aliphatic hydroxyl groups is 2. The number of carbonyl (C=O) groups is 2. The van der Waals surface area contributed by atoms with Crippen LogP contribution in [0.5, 0.6) is 0 Å². The zero-order chi connectivity index (χ0) is 24.1. The maximum Gasteiger partial charge on any atom is 0.348 e. The molecule has 9 atom stereocenters. The van der Waals surface area contributed by atoms with E-state index in [0.29, 0.717) is 17.9 Å². The molecule has 0 aliphatic heterocycles. The van der Waals surface area contributed by atoms with Crippen LogP contribution in [0.3, 0.4) is 0 Å². The van der Waals surface area contributed by atoms with Crippen molar-refractivity contribution in [2.75, 3.05) is 13.2 Å². The van der Waals surface area contributed by atoms with E-state index in [0.717, 1.165) is 37.7 Å². The fourth-order valence-electron chi connectivity index (χ4n) is 9.44. The highest BCUT2D eigenvalue weighted by Crippen LogP contribution is 2.87. The minimum atomic E-state index is -0.992. The molecule has 0 saturated heterocycles. The van der Waals surface area contributed by atoms with Gasteiger partial charge < -0.3 is 19.7 Å². The van der Waals surface area contributed by atoms with Gasteiger partial charge in [0.05, 0.1) is 24.9 Å². The number of carbonyl (C=O) groups excluding carboxylic acids is 2. The Labute approximate surface area is 204 Å². The second-order valence-corrected chi connectivity index (χ2v) is 12.8. The molecule has 6 saturated carbocycles. The second kappa shape index (κ2) is 7.17. The fourth-order valence-corrected chi connectivity index (χ4v) is 10.1. The Kier molecular flexibility index (Phi) is 4.80. The molecule has 1 aromatic rings. The van der Waals surface area contributed by atoms with Crippen LogP contribution in [0.1, 0.15) is 62.0 Å². The number of esters is 2. The number of fused-ring (bicyclic) bond motifs is 1. The van der Waals surface area contributed by atoms with Crippen molar-refractivity contribution < 1.29 is 29.3 Å². The standard InChI is InChI=1S/C27H34O6S/c1-15-17-10-20-25(14-32-16(2)28)8-5-7-24(3,13-33-23(30)18-6-4-9-34-18)19(25)12-22(29)26(20)21(11-17)27(15,26)31/h4,6,9,17,19-22,29,31H,1,5,7-8,10-14H2,2-3H3. The van der Waals surface area contributed by atoms with Crippen LogP contribution in [0.2, 0.25) is 0 Å². The lowest BCUT2D eigenvalue weighted by molar-refractivity contribution is -0.224. The van der Waals surface area contributed by atoms with E-state index >= 15 is 0 Å². The number of hydrogen-bond donors (Lipinski definition) is 2. The largest absolute Gasteiger partial charge is 0.465 e. The SMILES string of the molecule is C=C1C2CC3C4(COC(C)=O)CCCC(C)(COC(=O)c5cccs5)C4CC(O)C34C(C2)C14O. The minimum Gasteiger partial charge on any atom is -0.465 e. The Morgan fingerprint density at radius 3 is 2.56 bits per heavy atom. The maximum absolute atomic E-state index is 12.6. The van der Waals surface area contributed by atoms with Crippen molar-refractivity contribution >= 4 is 23.3 Å². The van der Waals surface area contributed by atoms with Crippen molar-refractivity contribution in [1.29, 1.82) is 0 Å². The van der Waals surface area contributed by atoms with Crippen molar-refractivity contribution in [2.45, 2.75) is 64.1 Å². The van der Waals surface area contributed by atoms with Gasteiger partial charge in [0.1, 0.15) is 4.88 Å². The number of thiophene rings is 1. The van der Waals surface area contributed by atoms with E-state index in [1.807, 2.05) is 11.4 Å². The van der Waals surface area contributed by atoms with Gasteiger partial charge in [-0.25, -0.2) is 4.79 Å². The van der Waals surface area contributed by atoms with E-state index in [1.54, 1.807) is 6.07 Å². The highest BCUT2D eigenvalue weighted by Gasteiger charge is 2.91. The molecule has 1 aromatic heterocycles. The normalized spacial score (nSPS) is 48.0. The first-order valence-electron chi connectivity index (χ1n) is 12.5. The lowest BCUT2D eigenvalue weighted by atomic mass is 9.40. The molecule has 1 heterocycles. The summed E-state index contributed by atoms with van der Waals surface area (Å²) in [4.78, 5) is 25.2. The van der Waals surface area contributed by atoms with Crippen molar-refractivity contribution in [3.63, 3.8) is 0 Å². The van der Waals surface area contributed by atoms with Gasteiger partial charge in [-0.15, -0.1) is 11.3 Å². The Bertz CT molecular complexity index is 1050. The van der Waals surface area contributed by atoms with Gasteiger partial charge in [-0.3, -0.25) is 4.79 Å². The van der Waals surface area contributed by atoms with Crippen molar-refractivity contribution in [3.8, 4) is 0 Å². The summed E-state index contributed by atoms with van der Waals surface area (Å²) in [5.41, 5.74) is -1.37. The third-order valence-electron chi connectivity index (χ3n) is 10.7. The molecule has 6 nitrogen and oxygen atoms in total. The van der Waals surface area contributed by atoms with Crippen LogP contribution >= 0.6 is 11.3 Å². The lowest BCUT2D eigenvalue weighted by Gasteiger charge is -2.65. The highest BCUT2D eigenvalue weighted by atomic mass is 32.1. The molecular formula is C27H34O6S. The van der Waals surface area contributed by atoms with E-state index in [9.17, 15) is 19.8 Å². The summed E-state index contributed by atoms with van der Waals surface area (Å²) in [5.74, 6) is -0.239. The van der Waals surface area contributed by atoms with Crippen LogP contribution in [-0.2, 0) is 14.3 Å². The first-order chi connectivity index (χ1) is 16.1. The van der Waals surface area contributed by atoms with Crippen LogP contribution < -0.4 is 0 Å². The summed E-state index contributed by atoms with van der Waals surface area (Å²) in [6.07, 6.45) is 4.34. The lowest BCUT2D eigenvalue weighted by Crippen LogP contribution is -2.65. The number of rotatable bonds is 5. The van der Waals surface area contributed by atoms with E-state index in [2.05, 4.69) is 13.5 Å². The molecule has 6 aliphatic carbocycles. The molecule has 0 radical (unpaired) electrons. The van der Waals surface area contributed by atoms with Crippen LogP contribution in [-0.4, -0.2) is 47.1 Å². The Hall–Kier alpha value is -1.70. The summed E-state index contributed by atoms with van der Waals surface area (Å²) >= 11 is 1.37. The average molecular weight is 487 g/mol. The molecule has 6 aliphatic rings. The van der Waals surface area contributed by atoms with Gasteiger partial charge in [0, 0.05) is 29.1 Å². The predicted molar refractivity (Wildman–Crippen MR) is 126 cm³/mol. The molecule has 7 heteroatoms. The Morgan fingerprint density at radius 2 is 1.91 bits per heavy atom. The number of aliphatic hydroxyl groups excluding tert-OH is 1. The first-order valence-corrected chi connectivity index (χ1v) is 13.4. The summed E-state index contributed by atoms with van der Waals surface area (Å²) in [6, 6.07) is 3.61. The summed E-state index contributed by atoms with van der Waals surface area (Å²) < 4.78 is 11.6. The smallest absolute Gasteiger partial charge is 0.348 e. The summed E-state index contributed by atoms with van der Waals surface area (Å²) in [7, 11) is 0. The molecule has 34 heavy (non-hydrogen) atoms. The number of ether oxygens (including phenoxy) is 2. The van der Waals surface area contributed by atoms with Crippen LogP contribution in [0.15, 0.2) is 29.7 Å². The van der Waals surface area contributed by atoms with Gasteiger partial charge in [-0.2, -0.15) is 0 Å². The summed E-state index contributed by atoms with van der Waals surface area (Å²) in [6.45, 7) is 8.42. The van der Waals surface area contributed by atoms with Crippen molar-refractivity contribution in [2.24, 2.45) is 39.9 Å². The predicted octanol–water partition coefficient (Wildman–Crippen LogP) is 3.97. The zero-order valence-electron chi connectivity index (χ0n) is 19.9. The van der Waals surface area contributed by atoms with Crippen LogP contribution in [0, 0.1) is 39.9 Å². The van der Waals surface area contributed by atoms with E-state index in [1.165, 1.54) is 18.3 Å². The maximum atomic E-state index is 12.6. The fraction of sp³-hybridized carbons (Fsp3) is 0.704. The summed E-state index contributed by atoms with van der Waals surface area (Å²) in [5, 5.41) is 25.3. The molecule has 4 bridgehead atoms. The first kappa shape index (κ1) is 22.7. The second-order valence-electron chi connectivity index (χ2n) is 11.9. The third kappa shape index (κ3) is 2.59. The number of hydrogen-bond acceptors (Lipinski definition) is 7. The van der Waals surface area contributed by atoms with Crippen LogP contribution in [0.25, 0.3) is 0 Å². The highest BCUT2D eigenvalue weighted by molar-refractivity contribution is 7.11. The molecule has 0 aromatic carbocycles. The molecule has 7 rings (SSSR count). The Balaban J connectivity index is 1.36. The average Bonchev–Trinajstić information content (AvgIpc) is 3.13. The van der Waals surface area contributed by atoms with Gasteiger partial charge >= 0.3 is 11.9 Å². The molecule has 9 unspecified atom stereocenters. The van der Waals surface area contributed by atoms with Gasteiger partial charge in [-0.05, 0) is 66.9 Å². The Morgan fingerprint density at radius 1 is 1.15 bits per heavy atom. The molecular weight excluding hydrogens is 452 g/mol. The van der Waals surface area contributed by atoms with Gasteiger partial charge in [0.15, 0.2) is 0 Å². The molecule has 0 amide bonds. The van der Waals surface area contributed by atoms with E-state index in [-0.39, 0.29) is 53.0 Å². The molecule has 6 fully saturated rings. The minimum absolute atomic E-state index is 0.0190. The topological polar surface area (TPSA) is 93.1 Å². The zero-order valence-corrected chi connectivity index (χ0v) is 20.7.